The van der Waals surface area contributed by atoms with Gasteiger partial charge in [0.05, 0.1) is 15.7 Å². The van der Waals surface area contributed by atoms with Crippen molar-refractivity contribution in [3.63, 3.8) is 0 Å². The van der Waals surface area contributed by atoms with Gasteiger partial charge in [-0.25, -0.2) is 4.98 Å². The number of halogens is 2. The van der Waals surface area contributed by atoms with Crippen LogP contribution in [0.2, 0.25) is 10.0 Å². The first-order valence-corrected chi connectivity index (χ1v) is 6.67. The van der Waals surface area contributed by atoms with Gasteiger partial charge in [0.15, 0.2) is 0 Å². The van der Waals surface area contributed by atoms with Gasteiger partial charge in [-0.2, -0.15) is 14.6 Å². The maximum absolute atomic E-state index is 5.97. The van der Waals surface area contributed by atoms with E-state index in [0.29, 0.717) is 21.6 Å². The summed E-state index contributed by atoms with van der Waals surface area (Å²) >= 11 is 11.9. The highest BCUT2D eigenvalue weighted by Crippen LogP contribution is 2.29. The van der Waals surface area contributed by atoms with Crippen LogP contribution in [0.1, 0.15) is 18.7 Å². The van der Waals surface area contributed by atoms with Gasteiger partial charge in [0.2, 0.25) is 0 Å². The predicted molar refractivity (Wildman–Crippen MR) is 76.3 cm³/mol. The normalized spacial score (nSPS) is 12.6. The smallest absolute Gasteiger partial charge is 0.252 e. The van der Waals surface area contributed by atoms with E-state index in [1.165, 1.54) is 6.33 Å². The van der Waals surface area contributed by atoms with Gasteiger partial charge in [-0.05, 0) is 25.1 Å². The molecular weight excluding hydrogens is 299 g/mol. The second-order valence-electron chi connectivity index (χ2n) is 4.18. The zero-order chi connectivity index (χ0) is 14.1. The third-order valence-corrected chi connectivity index (χ3v) is 3.57. The van der Waals surface area contributed by atoms with Crippen LogP contribution in [-0.4, -0.2) is 19.6 Å². The average molecular weight is 309 g/mol. The third kappa shape index (κ3) is 2.42. The highest BCUT2D eigenvalue weighted by Gasteiger charge is 2.13. The molecule has 102 valence electrons. The van der Waals surface area contributed by atoms with Crippen molar-refractivity contribution < 1.29 is 4.74 Å². The summed E-state index contributed by atoms with van der Waals surface area (Å²) in [6.45, 7) is 1.92. The summed E-state index contributed by atoms with van der Waals surface area (Å²) in [6.07, 6.45) is 2.89. The van der Waals surface area contributed by atoms with Crippen molar-refractivity contribution >= 4 is 29.0 Å². The zero-order valence-corrected chi connectivity index (χ0v) is 12.0. The van der Waals surface area contributed by atoms with Crippen molar-refractivity contribution in [1.82, 2.24) is 19.6 Å². The molecule has 0 N–H and O–H groups in total. The molecule has 2 aromatic heterocycles. The fourth-order valence-electron chi connectivity index (χ4n) is 1.88. The molecule has 5 nitrogen and oxygen atoms in total. The number of hydrogen-bond donors (Lipinski definition) is 0. The molecule has 0 radical (unpaired) electrons. The summed E-state index contributed by atoms with van der Waals surface area (Å²) in [7, 11) is 0. The highest BCUT2D eigenvalue weighted by molar-refractivity contribution is 6.42. The Morgan fingerprint density at radius 1 is 1.15 bits per heavy atom. The van der Waals surface area contributed by atoms with E-state index in [0.717, 1.165) is 5.69 Å². The van der Waals surface area contributed by atoms with Crippen molar-refractivity contribution in [2.75, 3.05) is 0 Å². The van der Waals surface area contributed by atoms with Crippen molar-refractivity contribution in [1.29, 1.82) is 0 Å². The molecule has 3 rings (SSSR count). The van der Waals surface area contributed by atoms with Gasteiger partial charge in [-0.3, -0.25) is 0 Å². The van der Waals surface area contributed by atoms with Crippen LogP contribution < -0.4 is 4.74 Å². The van der Waals surface area contributed by atoms with Crippen LogP contribution in [0.15, 0.2) is 36.8 Å². The Labute approximate surface area is 125 Å². The van der Waals surface area contributed by atoms with Crippen LogP contribution >= 0.6 is 23.2 Å². The van der Waals surface area contributed by atoms with E-state index < -0.39 is 0 Å². The van der Waals surface area contributed by atoms with Gasteiger partial charge in [-0.1, -0.05) is 23.2 Å². The number of nitrogens with zero attached hydrogens (tertiary/aromatic N) is 4. The van der Waals surface area contributed by atoms with Gasteiger partial charge < -0.3 is 4.74 Å². The van der Waals surface area contributed by atoms with Gasteiger partial charge in [0.1, 0.15) is 18.2 Å². The van der Waals surface area contributed by atoms with Gasteiger partial charge in [0.25, 0.3) is 5.78 Å². The summed E-state index contributed by atoms with van der Waals surface area (Å²) in [5.41, 5.74) is 0.846. The summed E-state index contributed by atoms with van der Waals surface area (Å²) in [5, 5.41) is 5.08. The van der Waals surface area contributed by atoms with Crippen LogP contribution in [0, 0.1) is 0 Å². The summed E-state index contributed by atoms with van der Waals surface area (Å²) in [5.74, 6) is 1.17. The lowest BCUT2D eigenvalue weighted by atomic mass is 10.2. The summed E-state index contributed by atoms with van der Waals surface area (Å²) < 4.78 is 7.50. The zero-order valence-electron chi connectivity index (χ0n) is 10.5. The fourth-order valence-corrected chi connectivity index (χ4v) is 2.17. The van der Waals surface area contributed by atoms with Gasteiger partial charge in [0, 0.05) is 12.3 Å². The number of fused-ring (bicyclic) bond motifs is 1. The van der Waals surface area contributed by atoms with Crippen molar-refractivity contribution in [2.45, 2.75) is 13.0 Å². The summed E-state index contributed by atoms with van der Waals surface area (Å²) in [4.78, 5) is 8.15. The molecular formula is C13H10Cl2N4O. The third-order valence-electron chi connectivity index (χ3n) is 2.83. The monoisotopic (exact) mass is 308 g/mol. The largest absolute Gasteiger partial charge is 0.484 e. The lowest BCUT2D eigenvalue weighted by Crippen LogP contribution is -2.10. The van der Waals surface area contributed by atoms with E-state index in [1.807, 2.05) is 13.0 Å². The Hall–Kier alpha value is -1.85. The number of ether oxygens (including phenoxy) is 1. The maximum atomic E-state index is 5.97. The van der Waals surface area contributed by atoms with E-state index in [9.17, 15) is 0 Å². The quantitative estimate of drug-likeness (QED) is 0.742. The van der Waals surface area contributed by atoms with Gasteiger partial charge >= 0.3 is 0 Å². The SMILES string of the molecule is CC(Oc1ccc(Cl)c(Cl)c1)c1ccnc2ncnn12. The predicted octanol–water partition coefficient (Wildman–Crippen LogP) is 3.57. The molecule has 0 fully saturated rings. The van der Waals surface area contributed by atoms with E-state index in [4.69, 9.17) is 27.9 Å². The van der Waals surface area contributed by atoms with E-state index in [2.05, 4.69) is 15.1 Å². The van der Waals surface area contributed by atoms with E-state index in [-0.39, 0.29) is 6.10 Å². The number of hydrogen-bond acceptors (Lipinski definition) is 4. The Balaban J connectivity index is 1.90. The van der Waals surface area contributed by atoms with Crippen LogP contribution in [0.5, 0.6) is 5.75 Å². The molecule has 1 aromatic carbocycles. The maximum Gasteiger partial charge on any atom is 0.252 e. The standard InChI is InChI=1S/C13H10Cl2N4O/c1-8(20-9-2-3-10(14)11(15)6-9)12-4-5-16-13-17-7-18-19(12)13/h2-8H,1H3. The molecule has 0 amide bonds. The molecule has 3 aromatic rings. The molecule has 20 heavy (non-hydrogen) atoms. The molecule has 7 heteroatoms. The summed E-state index contributed by atoms with van der Waals surface area (Å²) in [6, 6.07) is 6.98. The Bertz CT molecular complexity index is 759. The first kappa shape index (κ1) is 13.1. The van der Waals surface area contributed by atoms with E-state index >= 15 is 0 Å². The molecule has 1 atom stereocenters. The Kier molecular flexibility index (Phi) is 3.46. The minimum atomic E-state index is -0.237. The van der Waals surface area contributed by atoms with Gasteiger partial charge in [-0.15, -0.1) is 0 Å². The molecule has 2 heterocycles. The van der Waals surface area contributed by atoms with E-state index in [1.54, 1.807) is 28.9 Å². The van der Waals surface area contributed by atoms with Crippen LogP contribution in [0.25, 0.3) is 5.78 Å². The molecule has 0 bridgehead atoms. The minimum Gasteiger partial charge on any atom is -0.484 e. The Morgan fingerprint density at radius 3 is 2.80 bits per heavy atom. The highest BCUT2D eigenvalue weighted by atomic mass is 35.5. The average Bonchev–Trinajstić information content (AvgIpc) is 2.91. The second-order valence-corrected chi connectivity index (χ2v) is 4.99. The Morgan fingerprint density at radius 2 is 2.00 bits per heavy atom. The van der Waals surface area contributed by atoms with Crippen molar-refractivity contribution in [2.24, 2.45) is 0 Å². The van der Waals surface area contributed by atoms with Crippen LogP contribution in [0.4, 0.5) is 0 Å². The lowest BCUT2D eigenvalue weighted by molar-refractivity contribution is 0.218. The van der Waals surface area contributed by atoms with Crippen LogP contribution in [-0.2, 0) is 0 Å². The second kappa shape index (κ2) is 5.26. The van der Waals surface area contributed by atoms with Crippen molar-refractivity contribution in [3.8, 4) is 5.75 Å². The topological polar surface area (TPSA) is 52.3 Å². The fraction of sp³-hybridized carbons (Fsp3) is 0.154. The molecule has 0 aliphatic rings. The van der Waals surface area contributed by atoms with Crippen molar-refractivity contribution in [3.05, 3.63) is 52.5 Å². The molecule has 0 saturated carbocycles. The molecule has 0 saturated heterocycles. The lowest BCUT2D eigenvalue weighted by Gasteiger charge is -2.15. The van der Waals surface area contributed by atoms with Crippen LogP contribution in [0.3, 0.4) is 0 Å². The molecule has 0 spiro atoms. The minimum absolute atomic E-state index is 0.237. The first-order valence-electron chi connectivity index (χ1n) is 5.91. The molecule has 0 aliphatic carbocycles. The molecule has 1 unspecified atom stereocenters. The first-order chi connectivity index (χ1) is 9.65. The number of benzene rings is 1. The number of rotatable bonds is 3. The number of aromatic nitrogens is 4. The molecule has 0 aliphatic heterocycles.